The molecule has 0 fully saturated rings. The van der Waals surface area contributed by atoms with Gasteiger partial charge in [0.15, 0.2) is 0 Å². The third kappa shape index (κ3) is 8.18. The second-order valence-corrected chi connectivity index (χ2v) is 4.97. The molecule has 0 rings (SSSR count). The molecule has 3 heteroatoms. The summed E-state index contributed by atoms with van der Waals surface area (Å²) in [5.41, 5.74) is -0.456. The summed E-state index contributed by atoms with van der Waals surface area (Å²) >= 11 is 0. The molecule has 0 aromatic heterocycles. The Kier molecular flexibility index (Phi) is 9.11. The summed E-state index contributed by atoms with van der Waals surface area (Å²) in [5.74, 6) is 0. The van der Waals surface area contributed by atoms with Crippen LogP contribution in [0.2, 0.25) is 0 Å². The van der Waals surface area contributed by atoms with Gasteiger partial charge >= 0.3 is 0 Å². The van der Waals surface area contributed by atoms with E-state index in [1.807, 2.05) is 14.0 Å². The van der Waals surface area contributed by atoms with Crippen LogP contribution in [-0.2, 0) is 4.74 Å². The minimum absolute atomic E-state index is 0.312. The Labute approximate surface area is 107 Å². The quantitative estimate of drug-likeness (QED) is 0.596. The summed E-state index contributed by atoms with van der Waals surface area (Å²) in [6.45, 7) is 6.90. The van der Waals surface area contributed by atoms with Crippen LogP contribution in [0.15, 0.2) is 0 Å². The van der Waals surface area contributed by atoms with E-state index in [0.717, 1.165) is 12.8 Å². The largest absolute Gasteiger partial charge is 0.378 e. The van der Waals surface area contributed by atoms with Crippen molar-refractivity contribution in [2.75, 3.05) is 13.7 Å². The second-order valence-electron chi connectivity index (χ2n) is 4.97. The van der Waals surface area contributed by atoms with Gasteiger partial charge < -0.3 is 10.1 Å². The second kappa shape index (κ2) is 9.44. The van der Waals surface area contributed by atoms with Gasteiger partial charge in [0.1, 0.15) is 5.54 Å². The van der Waals surface area contributed by atoms with Gasteiger partial charge in [-0.25, -0.2) is 0 Å². The van der Waals surface area contributed by atoms with E-state index < -0.39 is 5.54 Å². The highest BCUT2D eigenvalue weighted by Crippen LogP contribution is 2.11. The Hall–Kier alpha value is -0.590. The molecule has 0 amide bonds. The van der Waals surface area contributed by atoms with Gasteiger partial charge in [-0.1, -0.05) is 32.6 Å². The Balaban J connectivity index is 3.57. The van der Waals surface area contributed by atoms with Gasteiger partial charge in [0, 0.05) is 13.0 Å². The fourth-order valence-corrected chi connectivity index (χ4v) is 1.64. The molecule has 0 aromatic rings. The average molecular weight is 240 g/mol. The number of hydrogen-bond acceptors (Lipinski definition) is 3. The van der Waals surface area contributed by atoms with Crippen LogP contribution in [0.25, 0.3) is 0 Å². The molecule has 0 heterocycles. The first kappa shape index (κ1) is 16.4. The summed E-state index contributed by atoms with van der Waals surface area (Å²) in [6.07, 6.45) is 7.32. The fraction of sp³-hybridized carbons (Fsp3) is 0.929. The van der Waals surface area contributed by atoms with E-state index in [4.69, 9.17) is 10.00 Å². The van der Waals surface area contributed by atoms with Crippen molar-refractivity contribution < 1.29 is 4.74 Å². The Morgan fingerprint density at radius 2 is 2.06 bits per heavy atom. The van der Waals surface area contributed by atoms with Crippen molar-refractivity contribution in [2.45, 2.75) is 70.9 Å². The number of rotatable bonds is 10. The third-order valence-electron chi connectivity index (χ3n) is 3.27. The third-order valence-corrected chi connectivity index (χ3v) is 3.27. The van der Waals surface area contributed by atoms with E-state index in [1.54, 1.807) is 0 Å². The molecule has 17 heavy (non-hydrogen) atoms. The molecular formula is C14H28N2O. The molecule has 0 saturated heterocycles. The highest BCUT2D eigenvalue weighted by Gasteiger charge is 2.20. The molecule has 0 aromatic carbocycles. The first-order chi connectivity index (χ1) is 8.08. The Morgan fingerprint density at radius 1 is 1.35 bits per heavy atom. The minimum Gasteiger partial charge on any atom is -0.378 e. The zero-order valence-corrected chi connectivity index (χ0v) is 11.9. The lowest BCUT2D eigenvalue weighted by Crippen LogP contribution is -2.39. The highest BCUT2D eigenvalue weighted by atomic mass is 16.5. The van der Waals surface area contributed by atoms with Gasteiger partial charge in [-0.15, -0.1) is 0 Å². The van der Waals surface area contributed by atoms with E-state index >= 15 is 0 Å². The van der Waals surface area contributed by atoms with Crippen molar-refractivity contribution in [1.29, 1.82) is 5.26 Å². The lowest BCUT2D eigenvalue weighted by Gasteiger charge is -2.21. The molecule has 3 nitrogen and oxygen atoms in total. The zero-order chi connectivity index (χ0) is 13.1. The molecule has 2 atom stereocenters. The summed E-state index contributed by atoms with van der Waals surface area (Å²) in [6, 6.07) is 2.27. The van der Waals surface area contributed by atoms with E-state index in [9.17, 15) is 0 Å². The topological polar surface area (TPSA) is 45.0 Å². The van der Waals surface area contributed by atoms with Crippen LogP contribution in [0.4, 0.5) is 0 Å². The SMILES string of the molecule is CCCCCCC(C)OCCC(C)(C#N)NC. The van der Waals surface area contributed by atoms with Crippen molar-refractivity contribution in [3.8, 4) is 6.07 Å². The van der Waals surface area contributed by atoms with Crippen LogP contribution in [-0.4, -0.2) is 25.3 Å². The molecule has 0 aliphatic heterocycles. The normalized spacial score (nSPS) is 16.2. The van der Waals surface area contributed by atoms with E-state index in [-0.39, 0.29) is 0 Å². The van der Waals surface area contributed by atoms with Gasteiger partial charge in [0.25, 0.3) is 0 Å². The number of unbranched alkanes of at least 4 members (excludes halogenated alkanes) is 3. The van der Waals surface area contributed by atoms with Gasteiger partial charge in [-0.05, 0) is 27.3 Å². The van der Waals surface area contributed by atoms with Gasteiger partial charge in [-0.3, -0.25) is 0 Å². The molecule has 0 bridgehead atoms. The first-order valence-electron chi connectivity index (χ1n) is 6.79. The Morgan fingerprint density at radius 3 is 2.59 bits per heavy atom. The summed E-state index contributed by atoms with van der Waals surface area (Å²) in [5, 5.41) is 12.0. The van der Waals surface area contributed by atoms with Crippen LogP contribution < -0.4 is 5.32 Å². The number of hydrogen-bond donors (Lipinski definition) is 1. The predicted octanol–water partition coefficient (Wildman–Crippen LogP) is 3.25. The van der Waals surface area contributed by atoms with Crippen LogP contribution in [0, 0.1) is 11.3 Å². The average Bonchev–Trinajstić information content (AvgIpc) is 2.34. The smallest absolute Gasteiger partial charge is 0.105 e. The lowest BCUT2D eigenvalue weighted by atomic mass is 10.0. The standard InChI is InChI=1S/C14H28N2O/c1-5-6-7-8-9-13(2)17-11-10-14(3,12-15)16-4/h13,16H,5-11H2,1-4H3. The van der Waals surface area contributed by atoms with E-state index in [2.05, 4.69) is 25.2 Å². The van der Waals surface area contributed by atoms with Crippen molar-refractivity contribution >= 4 is 0 Å². The summed E-state index contributed by atoms with van der Waals surface area (Å²) in [4.78, 5) is 0. The van der Waals surface area contributed by atoms with E-state index in [1.165, 1.54) is 25.7 Å². The van der Waals surface area contributed by atoms with Crippen LogP contribution >= 0.6 is 0 Å². The number of nitrogens with zero attached hydrogens (tertiary/aromatic N) is 1. The number of nitrogens with one attached hydrogen (secondary N) is 1. The number of nitriles is 1. The van der Waals surface area contributed by atoms with Gasteiger partial charge in [-0.2, -0.15) is 5.26 Å². The molecule has 2 unspecified atom stereocenters. The molecule has 1 N–H and O–H groups in total. The molecule has 100 valence electrons. The van der Waals surface area contributed by atoms with E-state index in [0.29, 0.717) is 12.7 Å². The molecule has 0 radical (unpaired) electrons. The van der Waals surface area contributed by atoms with Gasteiger partial charge in [0.2, 0.25) is 0 Å². The van der Waals surface area contributed by atoms with Crippen molar-refractivity contribution in [3.05, 3.63) is 0 Å². The molecule has 0 spiro atoms. The first-order valence-corrected chi connectivity index (χ1v) is 6.79. The monoisotopic (exact) mass is 240 g/mol. The van der Waals surface area contributed by atoms with Crippen LogP contribution in [0.1, 0.15) is 59.3 Å². The van der Waals surface area contributed by atoms with Crippen molar-refractivity contribution in [3.63, 3.8) is 0 Å². The summed E-state index contributed by atoms with van der Waals surface area (Å²) in [7, 11) is 1.82. The predicted molar refractivity (Wildman–Crippen MR) is 71.9 cm³/mol. The zero-order valence-electron chi connectivity index (χ0n) is 11.9. The van der Waals surface area contributed by atoms with Crippen LogP contribution in [0.5, 0.6) is 0 Å². The molecule has 0 aliphatic rings. The molecular weight excluding hydrogens is 212 g/mol. The maximum absolute atomic E-state index is 8.98. The summed E-state index contributed by atoms with van der Waals surface area (Å²) < 4.78 is 5.73. The fourth-order valence-electron chi connectivity index (χ4n) is 1.64. The van der Waals surface area contributed by atoms with Gasteiger partial charge in [0.05, 0.1) is 12.2 Å². The maximum atomic E-state index is 8.98. The van der Waals surface area contributed by atoms with Crippen LogP contribution in [0.3, 0.4) is 0 Å². The minimum atomic E-state index is -0.456. The maximum Gasteiger partial charge on any atom is 0.105 e. The highest BCUT2D eigenvalue weighted by molar-refractivity contribution is 5.02. The van der Waals surface area contributed by atoms with Crippen molar-refractivity contribution in [1.82, 2.24) is 5.32 Å². The van der Waals surface area contributed by atoms with Crippen molar-refractivity contribution in [2.24, 2.45) is 0 Å². The molecule has 0 aliphatic carbocycles. The lowest BCUT2D eigenvalue weighted by molar-refractivity contribution is 0.0493. The molecule has 0 saturated carbocycles. The Bertz CT molecular complexity index is 225. The number of ether oxygens (including phenoxy) is 1.